The van der Waals surface area contributed by atoms with Crippen molar-refractivity contribution in [2.75, 3.05) is 13.2 Å². The van der Waals surface area contributed by atoms with Gasteiger partial charge in [0.2, 0.25) is 17.7 Å². The van der Waals surface area contributed by atoms with Crippen LogP contribution in [0.1, 0.15) is 45.1 Å². The number of aliphatic hydroxyl groups is 1. The number of benzene rings is 1. The number of aliphatic hydroxyl groups excluding tert-OH is 1. The molecule has 0 aliphatic carbocycles. The van der Waals surface area contributed by atoms with Crippen molar-refractivity contribution in [3.8, 4) is 5.75 Å². The second kappa shape index (κ2) is 15.7. The molecule has 1 rings (SSSR count). The van der Waals surface area contributed by atoms with Gasteiger partial charge in [0.15, 0.2) is 0 Å². The minimum atomic E-state index is -1.41. The van der Waals surface area contributed by atoms with E-state index in [-0.39, 0.29) is 24.5 Å². The summed E-state index contributed by atoms with van der Waals surface area (Å²) >= 11 is 0. The molecule has 0 bridgehead atoms. The van der Waals surface area contributed by atoms with E-state index >= 15 is 0 Å². The number of aromatic hydroxyl groups is 1. The maximum atomic E-state index is 13.0. The molecule has 0 saturated carbocycles. The number of unbranched alkanes of at least 4 members (excludes halogenated alkanes) is 1. The second-order valence-electron chi connectivity index (χ2n) is 8.78. The molecule has 0 spiro atoms. The summed E-state index contributed by atoms with van der Waals surface area (Å²) in [6, 6.07) is 1.58. The van der Waals surface area contributed by atoms with E-state index in [9.17, 15) is 34.5 Å². The standard InChI is InChI=1S/C24H39N5O7/c1-3-14(2)20(29-21(32)17(26)12-15-7-9-16(31)10-8-15)23(34)28-19(13-30)22(33)27-18(24(35)36)6-4-5-11-25/h7-10,14,17-20,30-31H,3-6,11-13,25-26H2,1-2H3,(H,27,33)(H,28,34)(H,29,32)(H,35,36). The van der Waals surface area contributed by atoms with Gasteiger partial charge in [0.1, 0.15) is 23.9 Å². The summed E-state index contributed by atoms with van der Waals surface area (Å²) in [6.45, 7) is 3.18. The average Bonchev–Trinajstić information content (AvgIpc) is 2.85. The number of carbonyl (C=O) groups is 4. The van der Waals surface area contributed by atoms with Gasteiger partial charge in [0.25, 0.3) is 0 Å². The maximum absolute atomic E-state index is 13.0. The summed E-state index contributed by atoms with van der Waals surface area (Å²) in [5.74, 6) is -3.64. The Kier molecular flexibility index (Phi) is 13.4. The molecule has 0 aromatic heterocycles. The lowest BCUT2D eigenvalue weighted by molar-refractivity contribution is -0.143. The molecular formula is C24H39N5O7. The van der Waals surface area contributed by atoms with E-state index in [1.165, 1.54) is 12.1 Å². The SMILES string of the molecule is CCC(C)C(NC(=O)C(N)Cc1ccc(O)cc1)C(=O)NC(CO)C(=O)NC(CCCCN)C(=O)O. The fourth-order valence-electron chi connectivity index (χ4n) is 3.42. The minimum absolute atomic E-state index is 0.0815. The van der Waals surface area contributed by atoms with Crippen molar-refractivity contribution in [3.05, 3.63) is 29.8 Å². The van der Waals surface area contributed by atoms with Gasteiger partial charge >= 0.3 is 5.97 Å². The molecule has 0 aliphatic rings. The van der Waals surface area contributed by atoms with E-state index in [0.717, 1.165) is 5.56 Å². The fraction of sp³-hybridized carbons (Fsp3) is 0.583. The molecule has 0 aliphatic heterocycles. The Morgan fingerprint density at radius 3 is 2.08 bits per heavy atom. The van der Waals surface area contributed by atoms with E-state index in [0.29, 0.717) is 25.8 Å². The zero-order valence-electron chi connectivity index (χ0n) is 20.8. The smallest absolute Gasteiger partial charge is 0.326 e. The van der Waals surface area contributed by atoms with Crippen molar-refractivity contribution < 1.29 is 34.5 Å². The van der Waals surface area contributed by atoms with Crippen LogP contribution in [0.2, 0.25) is 0 Å². The Balaban J connectivity index is 2.84. The number of carbonyl (C=O) groups excluding carboxylic acids is 3. The molecular weight excluding hydrogens is 470 g/mol. The third-order valence-electron chi connectivity index (χ3n) is 5.90. The van der Waals surface area contributed by atoms with Gasteiger partial charge in [-0.3, -0.25) is 14.4 Å². The molecule has 0 heterocycles. The Morgan fingerprint density at radius 2 is 1.56 bits per heavy atom. The number of phenolic OH excluding ortho intramolecular Hbond substituents is 1. The highest BCUT2D eigenvalue weighted by atomic mass is 16.4. The van der Waals surface area contributed by atoms with Crippen LogP contribution in [0.4, 0.5) is 0 Å². The third kappa shape index (κ3) is 10.2. The van der Waals surface area contributed by atoms with Gasteiger partial charge in [-0.2, -0.15) is 0 Å². The summed E-state index contributed by atoms with van der Waals surface area (Å²) < 4.78 is 0. The number of rotatable bonds is 16. The summed E-state index contributed by atoms with van der Waals surface area (Å²) in [4.78, 5) is 49.7. The Bertz CT molecular complexity index is 865. The van der Waals surface area contributed by atoms with E-state index in [1.54, 1.807) is 19.1 Å². The van der Waals surface area contributed by atoms with Crippen LogP contribution >= 0.6 is 0 Å². The summed E-state index contributed by atoms with van der Waals surface area (Å²) in [7, 11) is 0. The average molecular weight is 510 g/mol. The van der Waals surface area contributed by atoms with Gasteiger partial charge in [0.05, 0.1) is 12.6 Å². The lowest BCUT2D eigenvalue weighted by atomic mass is 9.97. The van der Waals surface area contributed by atoms with Crippen LogP contribution < -0.4 is 27.4 Å². The molecule has 12 heteroatoms. The third-order valence-corrected chi connectivity index (χ3v) is 5.90. The number of nitrogens with two attached hydrogens (primary N) is 2. The van der Waals surface area contributed by atoms with Crippen molar-refractivity contribution in [1.29, 1.82) is 0 Å². The van der Waals surface area contributed by atoms with Gasteiger partial charge in [0, 0.05) is 0 Å². The molecule has 12 nitrogen and oxygen atoms in total. The molecule has 0 radical (unpaired) electrons. The van der Waals surface area contributed by atoms with E-state index in [4.69, 9.17) is 11.5 Å². The normalized spacial score (nSPS) is 15.1. The van der Waals surface area contributed by atoms with Crippen LogP contribution in [0.3, 0.4) is 0 Å². The van der Waals surface area contributed by atoms with Crippen molar-refractivity contribution in [2.24, 2.45) is 17.4 Å². The van der Waals surface area contributed by atoms with E-state index in [2.05, 4.69) is 16.0 Å². The van der Waals surface area contributed by atoms with Crippen LogP contribution in [0.5, 0.6) is 5.75 Å². The number of carboxylic acids is 1. The van der Waals surface area contributed by atoms with Gasteiger partial charge in [-0.15, -0.1) is 0 Å². The van der Waals surface area contributed by atoms with Crippen LogP contribution in [-0.2, 0) is 25.6 Å². The zero-order valence-corrected chi connectivity index (χ0v) is 20.8. The molecule has 1 aromatic carbocycles. The van der Waals surface area contributed by atoms with Crippen LogP contribution in [0, 0.1) is 5.92 Å². The van der Waals surface area contributed by atoms with Crippen LogP contribution in [0.15, 0.2) is 24.3 Å². The zero-order chi connectivity index (χ0) is 27.3. The first-order chi connectivity index (χ1) is 17.0. The van der Waals surface area contributed by atoms with Crippen LogP contribution in [0.25, 0.3) is 0 Å². The molecule has 36 heavy (non-hydrogen) atoms. The Labute approximate surface area is 210 Å². The Hall–Kier alpha value is -3.22. The molecule has 5 atom stereocenters. The lowest BCUT2D eigenvalue weighted by Crippen LogP contribution is -2.59. The first kappa shape index (κ1) is 30.8. The monoisotopic (exact) mass is 509 g/mol. The molecule has 202 valence electrons. The highest BCUT2D eigenvalue weighted by molar-refractivity contribution is 5.94. The van der Waals surface area contributed by atoms with Gasteiger partial charge < -0.3 is 42.7 Å². The number of hydrogen-bond donors (Lipinski definition) is 8. The molecule has 5 unspecified atom stereocenters. The lowest BCUT2D eigenvalue weighted by Gasteiger charge is -2.27. The number of carboxylic acid groups (broad SMARTS) is 1. The van der Waals surface area contributed by atoms with Crippen molar-refractivity contribution >= 4 is 23.7 Å². The number of hydrogen-bond acceptors (Lipinski definition) is 8. The summed E-state index contributed by atoms with van der Waals surface area (Å²) in [6.07, 6.45) is 1.91. The second-order valence-corrected chi connectivity index (χ2v) is 8.78. The van der Waals surface area contributed by atoms with Gasteiger partial charge in [-0.1, -0.05) is 32.4 Å². The summed E-state index contributed by atoms with van der Waals surface area (Å²) in [5.41, 5.74) is 12.1. The molecule has 10 N–H and O–H groups in total. The topological polar surface area (TPSA) is 217 Å². The van der Waals surface area contributed by atoms with Crippen LogP contribution in [-0.4, -0.2) is 76.3 Å². The highest BCUT2D eigenvalue weighted by Crippen LogP contribution is 2.12. The summed E-state index contributed by atoms with van der Waals surface area (Å²) in [5, 5.41) is 35.8. The highest BCUT2D eigenvalue weighted by Gasteiger charge is 2.32. The molecule has 3 amide bonds. The molecule has 1 aromatic rings. The quantitative estimate of drug-likeness (QED) is 0.128. The molecule has 0 fully saturated rings. The first-order valence-electron chi connectivity index (χ1n) is 12.0. The number of nitrogens with one attached hydrogen (secondary N) is 3. The minimum Gasteiger partial charge on any atom is -0.508 e. The van der Waals surface area contributed by atoms with E-state index < -0.39 is 54.5 Å². The number of amides is 3. The maximum Gasteiger partial charge on any atom is 0.326 e. The predicted octanol–water partition coefficient (Wildman–Crippen LogP) is -1.03. The molecule has 0 saturated heterocycles. The number of aliphatic carboxylic acids is 1. The number of phenols is 1. The first-order valence-corrected chi connectivity index (χ1v) is 12.0. The Morgan fingerprint density at radius 1 is 0.944 bits per heavy atom. The predicted molar refractivity (Wildman–Crippen MR) is 133 cm³/mol. The van der Waals surface area contributed by atoms with Crippen molar-refractivity contribution in [2.45, 2.75) is 70.1 Å². The van der Waals surface area contributed by atoms with Crippen molar-refractivity contribution in [1.82, 2.24) is 16.0 Å². The van der Waals surface area contributed by atoms with E-state index in [1.807, 2.05) is 6.92 Å². The fourth-order valence-corrected chi connectivity index (χ4v) is 3.42. The van der Waals surface area contributed by atoms with Crippen molar-refractivity contribution in [3.63, 3.8) is 0 Å². The van der Waals surface area contributed by atoms with Gasteiger partial charge in [-0.05, 0) is 55.8 Å². The largest absolute Gasteiger partial charge is 0.508 e. The van der Waals surface area contributed by atoms with Gasteiger partial charge in [-0.25, -0.2) is 4.79 Å².